The number of carbonyl (C=O) groups is 1. The van der Waals surface area contributed by atoms with Crippen LogP contribution in [0.25, 0.3) is 0 Å². The highest BCUT2D eigenvalue weighted by atomic mass is 32.2. The van der Waals surface area contributed by atoms with E-state index in [0.717, 1.165) is 13.1 Å². The summed E-state index contributed by atoms with van der Waals surface area (Å²) in [7, 11) is -3.40. The van der Waals surface area contributed by atoms with Gasteiger partial charge in [-0.15, -0.1) is 6.42 Å². The Balaban J connectivity index is 2.07. The van der Waals surface area contributed by atoms with Gasteiger partial charge in [-0.1, -0.05) is 12.8 Å². The van der Waals surface area contributed by atoms with Crippen molar-refractivity contribution in [2.75, 3.05) is 30.7 Å². The molecule has 0 aromatic heterocycles. The van der Waals surface area contributed by atoms with Crippen LogP contribution in [0.5, 0.6) is 5.75 Å². The highest BCUT2D eigenvalue weighted by Gasteiger charge is 2.25. The van der Waals surface area contributed by atoms with Gasteiger partial charge in [0.15, 0.2) is 9.84 Å². The fourth-order valence-electron chi connectivity index (χ4n) is 2.69. The minimum absolute atomic E-state index is 0.0429. The second kappa shape index (κ2) is 7.69. The van der Waals surface area contributed by atoms with Crippen LogP contribution in [0.3, 0.4) is 0 Å². The predicted octanol–water partition coefficient (Wildman–Crippen LogP) is 1.47. The Morgan fingerprint density at radius 3 is 2.67 bits per heavy atom. The van der Waals surface area contributed by atoms with E-state index in [1.165, 1.54) is 18.2 Å². The predicted molar refractivity (Wildman–Crippen MR) is 92.5 cm³/mol. The van der Waals surface area contributed by atoms with Crippen molar-refractivity contribution < 1.29 is 18.3 Å². The molecule has 0 spiro atoms. The number of piperidine rings is 1. The number of nitrogens with zero attached hydrogens (tertiary/aromatic N) is 1. The Bertz CT molecular complexity index is 744. The van der Waals surface area contributed by atoms with E-state index in [-0.39, 0.29) is 33.9 Å². The second-order valence-corrected chi connectivity index (χ2v) is 8.10. The number of phenols is 1. The van der Waals surface area contributed by atoms with E-state index < -0.39 is 9.84 Å². The SMILES string of the molecule is C#CCN1CCC(C(=O)Nc2cc(S(=O)(=O)CC)ccc2O)CC1. The molecule has 0 atom stereocenters. The van der Waals surface area contributed by atoms with Crippen molar-refractivity contribution in [1.82, 2.24) is 4.90 Å². The van der Waals surface area contributed by atoms with Gasteiger partial charge in [0, 0.05) is 5.92 Å². The molecule has 1 aromatic carbocycles. The largest absolute Gasteiger partial charge is 0.506 e. The number of benzene rings is 1. The van der Waals surface area contributed by atoms with Crippen LogP contribution < -0.4 is 5.32 Å². The molecule has 0 unspecified atom stereocenters. The molecule has 2 N–H and O–H groups in total. The van der Waals surface area contributed by atoms with Crippen LogP contribution >= 0.6 is 0 Å². The van der Waals surface area contributed by atoms with Crippen molar-refractivity contribution in [2.24, 2.45) is 5.92 Å². The van der Waals surface area contributed by atoms with Gasteiger partial charge < -0.3 is 10.4 Å². The van der Waals surface area contributed by atoms with Gasteiger partial charge in [0.25, 0.3) is 0 Å². The van der Waals surface area contributed by atoms with Gasteiger partial charge in [-0.2, -0.15) is 0 Å². The first-order chi connectivity index (χ1) is 11.4. The number of hydrogen-bond donors (Lipinski definition) is 2. The number of amides is 1. The number of likely N-dealkylation sites (tertiary alicyclic amines) is 1. The maximum atomic E-state index is 12.4. The molecule has 0 saturated carbocycles. The summed E-state index contributed by atoms with van der Waals surface area (Å²) >= 11 is 0. The first kappa shape index (κ1) is 18.3. The normalized spacial score (nSPS) is 16.5. The van der Waals surface area contributed by atoms with Gasteiger partial charge in [0.1, 0.15) is 5.75 Å². The number of sulfone groups is 1. The lowest BCUT2D eigenvalue weighted by atomic mass is 9.96. The number of anilines is 1. The molecule has 0 aliphatic carbocycles. The maximum absolute atomic E-state index is 12.4. The third kappa shape index (κ3) is 4.28. The van der Waals surface area contributed by atoms with Crippen LogP contribution in [0.15, 0.2) is 23.1 Å². The van der Waals surface area contributed by atoms with Crippen LogP contribution in [0, 0.1) is 18.3 Å². The standard InChI is InChI=1S/C17H22N2O4S/c1-3-9-19-10-7-13(8-11-19)17(21)18-15-12-14(5-6-16(15)20)24(22,23)4-2/h1,5-6,12-13,20H,4,7-11H2,2H3,(H,18,21). The number of phenolic OH excluding ortho intramolecular Hbond substituents is 1. The molecule has 1 aromatic rings. The molecule has 1 heterocycles. The van der Waals surface area contributed by atoms with Crippen molar-refractivity contribution in [2.45, 2.75) is 24.7 Å². The summed E-state index contributed by atoms with van der Waals surface area (Å²) in [6.07, 6.45) is 6.65. The Morgan fingerprint density at radius 1 is 1.42 bits per heavy atom. The zero-order valence-corrected chi connectivity index (χ0v) is 14.5. The molecule has 6 nitrogen and oxygen atoms in total. The molecule has 1 fully saturated rings. The van der Waals surface area contributed by atoms with Gasteiger partial charge in [-0.3, -0.25) is 9.69 Å². The smallest absolute Gasteiger partial charge is 0.227 e. The molecule has 7 heteroatoms. The first-order valence-electron chi connectivity index (χ1n) is 7.90. The van der Waals surface area contributed by atoms with Crippen molar-refractivity contribution >= 4 is 21.4 Å². The average molecular weight is 350 g/mol. The molecule has 1 aliphatic heterocycles. The maximum Gasteiger partial charge on any atom is 0.227 e. The Hall–Kier alpha value is -2.04. The van der Waals surface area contributed by atoms with Gasteiger partial charge in [0.05, 0.1) is 22.9 Å². The van der Waals surface area contributed by atoms with Crippen molar-refractivity contribution in [3.05, 3.63) is 18.2 Å². The number of rotatable bonds is 5. The Kier molecular flexibility index (Phi) is 5.86. The molecule has 24 heavy (non-hydrogen) atoms. The summed E-state index contributed by atoms with van der Waals surface area (Å²) < 4.78 is 23.9. The van der Waals surface area contributed by atoms with Crippen molar-refractivity contribution in [1.29, 1.82) is 0 Å². The van der Waals surface area contributed by atoms with E-state index >= 15 is 0 Å². The Morgan fingerprint density at radius 2 is 2.08 bits per heavy atom. The minimum atomic E-state index is -3.40. The molecular weight excluding hydrogens is 328 g/mol. The van der Waals surface area contributed by atoms with Gasteiger partial charge >= 0.3 is 0 Å². The number of hydrogen-bond acceptors (Lipinski definition) is 5. The number of aromatic hydroxyl groups is 1. The zero-order valence-electron chi connectivity index (χ0n) is 13.7. The van der Waals surface area contributed by atoms with Crippen LogP contribution in [-0.2, 0) is 14.6 Å². The number of terminal acetylenes is 1. The highest BCUT2D eigenvalue weighted by molar-refractivity contribution is 7.91. The molecular formula is C17H22N2O4S. The van der Waals surface area contributed by atoms with E-state index in [2.05, 4.69) is 16.1 Å². The minimum Gasteiger partial charge on any atom is -0.506 e. The molecule has 130 valence electrons. The van der Waals surface area contributed by atoms with Gasteiger partial charge in [0.2, 0.25) is 5.91 Å². The van der Waals surface area contributed by atoms with Crippen LogP contribution in [-0.4, -0.2) is 49.7 Å². The Labute approximate surface area is 142 Å². The lowest BCUT2D eigenvalue weighted by molar-refractivity contribution is -0.121. The summed E-state index contributed by atoms with van der Waals surface area (Å²) in [6.45, 7) is 3.62. The van der Waals surface area contributed by atoms with Gasteiger partial charge in [-0.25, -0.2) is 8.42 Å². The molecule has 0 bridgehead atoms. The third-order valence-electron chi connectivity index (χ3n) is 4.24. The number of carbonyl (C=O) groups excluding carboxylic acids is 1. The summed E-state index contributed by atoms with van der Waals surface area (Å²) in [5.41, 5.74) is 0.126. The highest BCUT2D eigenvalue weighted by Crippen LogP contribution is 2.28. The van der Waals surface area contributed by atoms with E-state index in [1.54, 1.807) is 6.92 Å². The first-order valence-corrected chi connectivity index (χ1v) is 9.55. The average Bonchev–Trinajstić information content (AvgIpc) is 2.57. The molecule has 1 aliphatic rings. The van der Waals surface area contributed by atoms with Crippen LogP contribution in [0.1, 0.15) is 19.8 Å². The molecule has 1 amide bonds. The van der Waals surface area contributed by atoms with Crippen LogP contribution in [0.4, 0.5) is 5.69 Å². The number of nitrogens with one attached hydrogen (secondary N) is 1. The third-order valence-corrected chi connectivity index (χ3v) is 5.97. The van der Waals surface area contributed by atoms with E-state index in [0.29, 0.717) is 19.4 Å². The monoisotopic (exact) mass is 350 g/mol. The summed E-state index contributed by atoms with van der Waals surface area (Å²) in [5.74, 6) is 2.01. The lowest BCUT2D eigenvalue weighted by Gasteiger charge is -2.29. The zero-order chi connectivity index (χ0) is 17.7. The quantitative estimate of drug-likeness (QED) is 0.620. The fraction of sp³-hybridized carbons (Fsp3) is 0.471. The van der Waals surface area contributed by atoms with E-state index in [9.17, 15) is 18.3 Å². The van der Waals surface area contributed by atoms with E-state index in [1.807, 2.05) is 0 Å². The summed E-state index contributed by atoms with van der Waals surface area (Å²) in [5, 5.41) is 12.5. The van der Waals surface area contributed by atoms with Crippen LogP contribution in [0.2, 0.25) is 0 Å². The van der Waals surface area contributed by atoms with Crippen molar-refractivity contribution in [3.63, 3.8) is 0 Å². The summed E-state index contributed by atoms with van der Waals surface area (Å²) in [4.78, 5) is 14.6. The molecule has 1 saturated heterocycles. The van der Waals surface area contributed by atoms with E-state index in [4.69, 9.17) is 6.42 Å². The second-order valence-electron chi connectivity index (χ2n) is 5.83. The topological polar surface area (TPSA) is 86.7 Å². The molecule has 2 rings (SSSR count). The van der Waals surface area contributed by atoms with Gasteiger partial charge in [-0.05, 0) is 44.1 Å². The molecule has 0 radical (unpaired) electrons. The summed E-state index contributed by atoms with van der Waals surface area (Å²) in [6, 6.07) is 3.93. The fourth-order valence-corrected chi connectivity index (χ4v) is 3.60. The van der Waals surface area contributed by atoms with Crippen molar-refractivity contribution in [3.8, 4) is 18.1 Å². The lowest BCUT2D eigenvalue weighted by Crippen LogP contribution is -2.38.